The molecular weight excluding hydrogens is 387 g/mol. The second-order valence-corrected chi connectivity index (χ2v) is 9.84. The average molecular weight is 414 g/mol. The smallest absolute Gasteiger partial charge is 0.334 e. The summed E-state index contributed by atoms with van der Waals surface area (Å²) in [6.45, 7) is 4.21. The van der Waals surface area contributed by atoms with Gasteiger partial charge in [-0.2, -0.15) is 0 Å². The van der Waals surface area contributed by atoms with Gasteiger partial charge in [-0.15, -0.1) is 0 Å². The van der Waals surface area contributed by atoms with Gasteiger partial charge in [0.05, 0.1) is 6.61 Å². The average Bonchev–Trinajstić information content (AvgIpc) is 3.22. The molecule has 1 unspecified atom stereocenters. The fourth-order valence-corrected chi connectivity index (χ4v) is 7.80. The third kappa shape index (κ3) is 3.61. The van der Waals surface area contributed by atoms with E-state index in [4.69, 9.17) is 4.74 Å². The molecule has 0 spiro atoms. The Morgan fingerprint density at radius 1 is 0.867 bits per heavy atom. The van der Waals surface area contributed by atoms with Gasteiger partial charge in [-0.25, -0.2) is 4.79 Å². The van der Waals surface area contributed by atoms with E-state index >= 15 is 0 Å². The van der Waals surface area contributed by atoms with Gasteiger partial charge < -0.3 is 4.74 Å². The highest BCUT2D eigenvalue weighted by atomic mass is 31.1. The Kier molecular flexibility index (Phi) is 6.16. The monoisotopic (exact) mass is 414 g/mol. The standard InChI is InChI=1S/C27H27O2P/c1-3-29-26(28)21(2)25-27(22-13-7-4-8-14-22,23-15-9-5-10-16-23)19-20-30(25)24-17-11-6-12-18-24/h4-18H,3,19-20H2,1-2H3. The quantitative estimate of drug-likeness (QED) is 0.290. The van der Waals surface area contributed by atoms with Crippen LogP contribution in [0.3, 0.4) is 0 Å². The van der Waals surface area contributed by atoms with E-state index < -0.39 is 7.92 Å². The lowest BCUT2D eigenvalue weighted by atomic mass is 9.71. The predicted octanol–water partition coefficient (Wildman–Crippen LogP) is 6.02. The molecule has 0 aliphatic carbocycles. The lowest BCUT2D eigenvalue weighted by molar-refractivity contribution is -0.138. The third-order valence-electron chi connectivity index (χ3n) is 5.92. The predicted molar refractivity (Wildman–Crippen MR) is 125 cm³/mol. The minimum Gasteiger partial charge on any atom is -0.463 e. The second kappa shape index (κ2) is 8.98. The first kappa shape index (κ1) is 20.6. The second-order valence-electron chi connectivity index (χ2n) is 7.57. The molecule has 0 amide bonds. The summed E-state index contributed by atoms with van der Waals surface area (Å²) < 4.78 is 5.48. The van der Waals surface area contributed by atoms with Crippen LogP contribution in [0, 0.1) is 0 Å². The van der Waals surface area contributed by atoms with Gasteiger partial charge in [0.2, 0.25) is 0 Å². The minimum absolute atomic E-state index is 0.200. The van der Waals surface area contributed by atoms with Crippen molar-refractivity contribution in [3.63, 3.8) is 0 Å². The summed E-state index contributed by atoms with van der Waals surface area (Å²) in [4.78, 5) is 13.0. The fourth-order valence-electron chi connectivity index (χ4n) is 4.64. The Morgan fingerprint density at radius 3 is 1.87 bits per heavy atom. The molecule has 0 aromatic heterocycles. The number of benzene rings is 3. The number of hydrogen-bond donors (Lipinski definition) is 0. The van der Waals surface area contributed by atoms with Crippen molar-refractivity contribution >= 4 is 19.2 Å². The molecule has 30 heavy (non-hydrogen) atoms. The van der Waals surface area contributed by atoms with Crippen molar-refractivity contribution in [3.8, 4) is 0 Å². The maximum Gasteiger partial charge on any atom is 0.334 e. The summed E-state index contributed by atoms with van der Waals surface area (Å²) in [7, 11) is -0.643. The largest absolute Gasteiger partial charge is 0.463 e. The first-order valence-electron chi connectivity index (χ1n) is 10.5. The van der Waals surface area contributed by atoms with Crippen LogP contribution >= 0.6 is 7.92 Å². The summed E-state index contributed by atoms with van der Waals surface area (Å²) in [6, 6.07) is 32.0. The van der Waals surface area contributed by atoms with Crippen LogP contribution in [0.4, 0.5) is 0 Å². The number of ether oxygens (including phenoxy) is 1. The zero-order chi connectivity index (χ0) is 21.0. The molecule has 4 rings (SSSR count). The number of rotatable bonds is 5. The summed E-state index contributed by atoms with van der Waals surface area (Å²) >= 11 is 0. The molecule has 1 aliphatic heterocycles. The molecule has 3 aromatic carbocycles. The van der Waals surface area contributed by atoms with E-state index in [-0.39, 0.29) is 11.4 Å². The highest BCUT2D eigenvalue weighted by Gasteiger charge is 2.48. The Morgan fingerprint density at radius 2 is 1.37 bits per heavy atom. The molecule has 3 aromatic rings. The van der Waals surface area contributed by atoms with E-state index in [0.717, 1.165) is 18.2 Å². The van der Waals surface area contributed by atoms with Gasteiger partial charge in [-0.3, -0.25) is 0 Å². The van der Waals surface area contributed by atoms with E-state index in [1.54, 1.807) is 0 Å². The number of esters is 1. The van der Waals surface area contributed by atoms with Gasteiger partial charge in [0.25, 0.3) is 0 Å². The molecule has 1 heterocycles. The van der Waals surface area contributed by atoms with Crippen molar-refractivity contribution in [1.82, 2.24) is 0 Å². The van der Waals surface area contributed by atoms with Gasteiger partial charge >= 0.3 is 5.97 Å². The molecule has 1 aliphatic rings. The Hall–Kier alpha value is -2.70. The Labute approximate surface area is 180 Å². The molecule has 0 bridgehead atoms. The highest BCUT2D eigenvalue weighted by molar-refractivity contribution is 7.70. The van der Waals surface area contributed by atoms with Gasteiger partial charge in [0, 0.05) is 11.0 Å². The summed E-state index contributed by atoms with van der Waals surface area (Å²) in [5, 5.41) is 2.56. The molecule has 3 heteroatoms. The van der Waals surface area contributed by atoms with Gasteiger partial charge in [0.1, 0.15) is 0 Å². The molecule has 1 atom stereocenters. The molecule has 0 radical (unpaired) electrons. The zero-order valence-corrected chi connectivity index (χ0v) is 18.4. The highest BCUT2D eigenvalue weighted by Crippen LogP contribution is 2.65. The van der Waals surface area contributed by atoms with Crippen LogP contribution in [0.2, 0.25) is 0 Å². The summed E-state index contributed by atoms with van der Waals surface area (Å²) in [5.41, 5.74) is 2.93. The third-order valence-corrected chi connectivity index (χ3v) is 8.77. The molecule has 2 nitrogen and oxygen atoms in total. The number of allylic oxidation sites excluding steroid dienone is 1. The topological polar surface area (TPSA) is 26.3 Å². The molecule has 1 saturated heterocycles. The lowest BCUT2D eigenvalue weighted by Crippen LogP contribution is -2.28. The summed E-state index contributed by atoms with van der Waals surface area (Å²) in [6.07, 6.45) is 2.03. The van der Waals surface area contributed by atoms with Gasteiger partial charge in [0.15, 0.2) is 0 Å². The van der Waals surface area contributed by atoms with E-state index in [9.17, 15) is 4.79 Å². The van der Waals surface area contributed by atoms with Crippen LogP contribution in [0.15, 0.2) is 102 Å². The first-order valence-corrected chi connectivity index (χ1v) is 12.0. The zero-order valence-electron chi connectivity index (χ0n) is 17.5. The van der Waals surface area contributed by atoms with Gasteiger partial charge in [-0.1, -0.05) is 91.0 Å². The molecule has 152 valence electrons. The Bertz CT molecular complexity index is 987. The van der Waals surface area contributed by atoms with Crippen molar-refractivity contribution < 1.29 is 9.53 Å². The minimum atomic E-state index is -0.643. The number of carbonyl (C=O) groups excluding carboxylic acids is 1. The fraction of sp³-hybridized carbons (Fsp3) is 0.222. The maximum absolute atomic E-state index is 13.0. The number of hydrogen-bond acceptors (Lipinski definition) is 2. The van der Waals surface area contributed by atoms with Crippen LogP contribution in [0.5, 0.6) is 0 Å². The van der Waals surface area contributed by atoms with Crippen LogP contribution in [0.25, 0.3) is 0 Å². The molecule has 0 saturated carbocycles. The molecule has 0 N–H and O–H groups in total. The van der Waals surface area contributed by atoms with Crippen molar-refractivity contribution in [3.05, 3.63) is 113 Å². The normalized spacial score (nSPS) is 19.3. The van der Waals surface area contributed by atoms with Crippen molar-refractivity contribution in [2.75, 3.05) is 12.8 Å². The first-order chi connectivity index (χ1) is 14.7. The van der Waals surface area contributed by atoms with E-state index in [2.05, 4.69) is 91.0 Å². The number of carbonyl (C=O) groups is 1. The van der Waals surface area contributed by atoms with Crippen LogP contribution in [0.1, 0.15) is 31.4 Å². The van der Waals surface area contributed by atoms with Crippen LogP contribution < -0.4 is 5.30 Å². The van der Waals surface area contributed by atoms with Gasteiger partial charge in [-0.05, 0) is 56.1 Å². The molecule has 1 fully saturated rings. The van der Waals surface area contributed by atoms with E-state index in [1.807, 2.05) is 13.8 Å². The van der Waals surface area contributed by atoms with E-state index in [1.165, 1.54) is 21.7 Å². The summed E-state index contributed by atoms with van der Waals surface area (Å²) in [5.74, 6) is -0.200. The maximum atomic E-state index is 13.0. The van der Waals surface area contributed by atoms with Crippen LogP contribution in [-0.2, 0) is 14.9 Å². The van der Waals surface area contributed by atoms with Crippen molar-refractivity contribution in [1.29, 1.82) is 0 Å². The van der Waals surface area contributed by atoms with Crippen LogP contribution in [-0.4, -0.2) is 18.7 Å². The lowest BCUT2D eigenvalue weighted by Gasteiger charge is -2.35. The SMILES string of the molecule is CCOC(=O)C(C)=C1P(c2ccccc2)CCC1(c1ccccc1)c1ccccc1. The van der Waals surface area contributed by atoms with E-state index in [0.29, 0.717) is 6.61 Å². The molecular formula is C27H27O2P. The van der Waals surface area contributed by atoms with Crippen molar-refractivity contribution in [2.24, 2.45) is 0 Å². The van der Waals surface area contributed by atoms with Crippen molar-refractivity contribution in [2.45, 2.75) is 25.7 Å². The Balaban J connectivity index is 2.01.